The highest BCUT2D eigenvalue weighted by atomic mass is 32.2. The molecule has 10 heteroatoms. The van der Waals surface area contributed by atoms with Crippen molar-refractivity contribution in [1.29, 1.82) is 0 Å². The van der Waals surface area contributed by atoms with Gasteiger partial charge in [0.1, 0.15) is 5.75 Å². The fraction of sp³-hybridized carbons (Fsp3) is 0.409. The molecule has 2 aromatic rings. The zero-order valence-electron chi connectivity index (χ0n) is 18.2. The number of rotatable bonds is 7. The van der Waals surface area contributed by atoms with Gasteiger partial charge in [0.25, 0.3) is 0 Å². The maximum absolute atomic E-state index is 13.0. The average Bonchev–Trinajstić information content (AvgIpc) is 2.74. The van der Waals surface area contributed by atoms with Gasteiger partial charge < -0.3 is 10.1 Å². The Labute approximate surface area is 187 Å². The van der Waals surface area contributed by atoms with Crippen LogP contribution < -0.4 is 10.1 Å². The van der Waals surface area contributed by atoms with E-state index in [-0.39, 0.29) is 24.7 Å². The van der Waals surface area contributed by atoms with Crippen molar-refractivity contribution in [2.24, 2.45) is 0 Å². The normalized spacial score (nSPS) is 16.7. The number of sulfonamides is 1. The second-order valence-electron chi connectivity index (χ2n) is 7.78. The number of amides is 1. The molecule has 3 rings (SSSR count). The van der Waals surface area contributed by atoms with Crippen LogP contribution in [0.5, 0.6) is 5.75 Å². The van der Waals surface area contributed by atoms with Crippen molar-refractivity contribution in [3.8, 4) is 5.75 Å². The summed E-state index contributed by atoms with van der Waals surface area (Å²) in [5.74, 6) is -0.259. The van der Waals surface area contributed by atoms with E-state index in [0.29, 0.717) is 29.2 Å². The van der Waals surface area contributed by atoms with Gasteiger partial charge in [-0.05, 0) is 56.7 Å². The number of ether oxygens (including phenoxy) is 1. The SMILES string of the molecule is Cc1ccc(S(=O)(=O)N2CCN(C(C)C(=O)Nc3ccc(OC(F)F)cc3)CC2)c(C)c1. The van der Waals surface area contributed by atoms with E-state index in [1.54, 1.807) is 26.0 Å². The Morgan fingerprint density at radius 3 is 2.22 bits per heavy atom. The number of benzene rings is 2. The molecule has 1 aliphatic rings. The topological polar surface area (TPSA) is 79.0 Å². The number of aryl methyl sites for hydroxylation is 2. The Bertz CT molecular complexity index is 1050. The van der Waals surface area contributed by atoms with Crippen LogP contribution in [0.1, 0.15) is 18.1 Å². The zero-order chi connectivity index (χ0) is 23.5. The van der Waals surface area contributed by atoms with Crippen LogP contribution in [-0.4, -0.2) is 62.4 Å². The number of nitrogens with one attached hydrogen (secondary N) is 1. The molecular formula is C22H27F2N3O4S. The summed E-state index contributed by atoms with van der Waals surface area (Å²) >= 11 is 0. The van der Waals surface area contributed by atoms with Gasteiger partial charge in [0.15, 0.2) is 0 Å². The number of nitrogens with zero attached hydrogens (tertiary/aromatic N) is 2. The van der Waals surface area contributed by atoms with Crippen molar-refractivity contribution >= 4 is 21.6 Å². The quantitative estimate of drug-likeness (QED) is 0.677. The third kappa shape index (κ3) is 5.62. The van der Waals surface area contributed by atoms with Crippen molar-refractivity contribution in [1.82, 2.24) is 9.21 Å². The molecular weight excluding hydrogens is 440 g/mol. The fourth-order valence-electron chi connectivity index (χ4n) is 3.69. The third-order valence-electron chi connectivity index (χ3n) is 5.50. The molecule has 0 spiro atoms. The van der Waals surface area contributed by atoms with E-state index >= 15 is 0 Å². The van der Waals surface area contributed by atoms with Crippen molar-refractivity contribution in [3.63, 3.8) is 0 Å². The summed E-state index contributed by atoms with van der Waals surface area (Å²) in [6, 6.07) is 10.5. The first kappa shape index (κ1) is 24.1. The number of hydrogen-bond acceptors (Lipinski definition) is 5. The molecule has 1 amide bonds. The molecule has 174 valence electrons. The van der Waals surface area contributed by atoms with Gasteiger partial charge in [-0.1, -0.05) is 17.7 Å². The monoisotopic (exact) mass is 467 g/mol. The Balaban J connectivity index is 1.57. The van der Waals surface area contributed by atoms with Gasteiger partial charge >= 0.3 is 6.61 Å². The van der Waals surface area contributed by atoms with E-state index in [1.165, 1.54) is 28.6 Å². The molecule has 1 atom stereocenters. The maximum Gasteiger partial charge on any atom is 0.387 e. The molecule has 1 fully saturated rings. The van der Waals surface area contributed by atoms with E-state index in [1.807, 2.05) is 17.9 Å². The van der Waals surface area contributed by atoms with Gasteiger partial charge in [-0.25, -0.2) is 8.42 Å². The summed E-state index contributed by atoms with van der Waals surface area (Å²) in [7, 11) is -3.60. The highest BCUT2D eigenvalue weighted by Crippen LogP contribution is 2.23. The van der Waals surface area contributed by atoms with Crippen LogP contribution in [0.2, 0.25) is 0 Å². The first-order valence-corrected chi connectivity index (χ1v) is 11.7. The minimum atomic E-state index is -3.60. The minimum absolute atomic E-state index is 0.00666. The summed E-state index contributed by atoms with van der Waals surface area (Å²) in [5, 5.41) is 2.74. The van der Waals surface area contributed by atoms with Crippen LogP contribution in [0.3, 0.4) is 0 Å². The molecule has 0 bridgehead atoms. The number of carbonyl (C=O) groups excluding carboxylic acids is 1. The lowest BCUT2D eigenvalue weighted by molar-refractivity contribution is -0.121. The van der Waals surface area contributed by atoms with Crippen LogP contribution >= 0.6 is 0 Å². The van der Waals surface area contributed by atoms with E-state index in [2.05, 4.69) is 10.1 Å². The highest BCUT2D eigenvalue weighted by molar-refractivity contribution is 7.89. The van der Waals surface area contributed by atoms with Gasteiger partial charge in [0.05, 0.1) is 10.9 Å². The first-order chi connectivity index (χ1) is 15.1. The van der Waals surface area contributed by atoms with E-state index in [0.717, 1.165) is 5.56 Å². The van der Waals surface area contributed by atoms with Crippen molar-refractivity contribution in [2.45, 2.75) is 38.3 Å². The predicted octanol–water partition coefficient (Wildman–Crippen LogP) is 3.24. The Kier molecular flexibility index (Phi) is 7.47. The van der Waals surface area contributed by atoms with Crippen LogP contribution in [0, 0.1) is 13.8 Å². The van der Waals surface area contributed by atoms with E-state index in [4.69, 9.17) is 0 Å². The van der Waals surface area contributed by atoms with E-state index in [9.17, 15) is 22.0 Å². The largest absolute Gasteiger partial charge is 0.435 e. The summed E-state index contributed by atoms with van der Waals surface area (Å²) < 4.78 is 56.3. The molecule has 0 aliphatic carbocycles. The molecule has 1 heterocycles. The molecule has 0 aromatic heterocycles. The molecule has 0 saturated carbocycles. The molecule has 0 radical (unpaired) electrons. The van der Waals surface area contributed by atoms with Crippen LogP contribution in [0.4, 0.5) is 14.5 Å². The zero-order valence-corrected chi connectivity index (χ0v) is 19.0. The standard InChI is InChI=1S/C22H27F2N3O4S/c1-15-4-9-20(16(2)14-15)32(29,30)27-12-10-26(11-13-27)17(3)21(28)25-18-5-7-19(8-6-18)31-22(23)24/h4-9,14,17,22H,10-13H2,1-3H3,(H,25,28). The number of alkyl halides is 2. The van der Waals surface area contributed by atoms with Crippen molar-refractivity contribution < 1.29 is 26.7 Å². The van der Waals surface area contributed by atoms with Crippen molar-refractivity contribution in [2.75, 3.05) is 31.5 Å². The third-order valence-corrected chi connectivity index (χ3v) is 7.55. The van der Waals surface area contributed by atoms with Gasteiger partial charge in [0.2, 0.25) is 15.9 Å². The Morgan fingerprint density at radius 1 is 1.03 bits per heavy atom. The first-order valence-electron chi connectivity index (χ1n) is 10.2. The minimum Gasteiger partial charge on any atom is -0.435 e. The smallest absolute Gasteiger partial charge is 0.387 e. The van der Waals surface area contributed by atoms with Crippen LogP contribution in [-0.2, 0) is 14.8 Å². The summed E-state index contributed by atoms with van der Waals surface area (Å²) in [4.78, 5) is 14.8. The van der Waals surface area contributed by atoms with Gasteiger partial charge in [-0.2, -0.15) is 13.1 Å². The second-order valence-corrected chi connectivity index (χ2v) is 9.68. The lowest BCUT2D eigenvalue weighted by atomic mass is 10.2. The number of piperazine rings is 1. The summed E-state index contributed by atoms with van der Waals surface area (Å²) in [6.45, 7) is 3.94. The average molecular weight is 468 g/mol. The molecule has 1 aliphatic heterocycles. The molecule has 1 unspecified atom stereocenters. The lowest BCUT2D eigenvalue weighted by Crippen LogP contribution is -2.54. The predicted molar refractivity (Wildman–Crippen MR) is 117 cm³/mol. The van der Waals surface area contributed by atoms with Crippen molar-refractivity contribution in [3.05, 3.63) is 53.6 Å². The Morgan fingerprint density at radius 2 is 1.66 bits per heavy atom. The van der Waals surface area contributed by atoms with Gasteiger partial charge in [-0.15, -0.1) is 0 Å². The van der Waals surface area contributed by atoms with Gasteiger partial charge in [0, 0.05) is 31.9 Å². The number of anilines is 1. The Hall–Kier alpha value is -2.56. The fourth-order valence-corrected chi connectivity index (χ4v) is 5.32. The highest BCUT2D eigenvalue weighted by Gasteiger charge is 2.32. The summed E-state index contributed by atoms with van der Waals surface area (Å²) in [5.41, 5.74) is 2.17. The number of halogens is 2. The van der Waals surface area contributed by atoms with Gasteiger partial charge in [-0.3, -0.25) is 9.69 Å². The number of carbonyl (C=O) groups is 1. The molecule has 1 saturated heterocycles. The molecule has 1 N–H and O–H groups in total. The summed E-state index contributed by atoms with van der Waals surface area (Å²) in [6.07, 6.45) is 0. The second kappa shape index (κ2) is 9.93. The lowest BCUT2D eigenvalue weighted by Gasteiger charge is -2.36. The molecule has 2 aromatic carbocycles. The maximum atomic E-state index is 13.0. The molecule has 32 heavy (non-hydrogen) atoms. The van der Waals surface area contributed by atoms with Crippen LogP contribution in [0.25, 0.3) is 0 Å². The van der Waals surface area contributed by atoms with E-state index < -0.39 is 22.7 Å². The number of hydrogen-bond donors (Lipinski definition) is 1. The van der Waals surface area contributed by atoms with Crippen LogP contribution in [0.15, 0.2) is 47.4 Å². The molecule has 7 nitrogen and oxygen atoms in total.